The number of carboxylic acid groups (broad SMARTS) is 1. The molecule has 1 N–H and O–H groups in total. The van der Waals surface area contributed by atoms with Crippen molar-refractivity contribution in [2.45, 2.75) is 25.9 Å². The molecule has 5 heteroatoms. The number of ether oxygens (including phenoxy) is 1. The van der Waals surface area contributed by atoms with Gasteiger partial charge in [0.25, 0.3) is 0 Å². The minimum atomic E-state index is -0.982. The van der Waals surface area contributed by atoms with Gasteiger partial charge in [-0.3, -0.25) is 4.90 Å². The van der Waals surface area contributed by atoms with E-state index in [2.05, 4.69) is 0 Å². The van der Waals surface area contributed by atoms with Crippen molar-refractivity contribution >= 4 is 17.7 Å². The number of carbonyl (C=O) groups excluding carboxylic acids is 1. The summed E-state index contributed by atoms with van der Waals surface area (Å²) < 4.78 is 5.29. The first-order valence-electron chi connectivity index (χ1n) is 5.73. The van der Waals surface area contributed by atoms with Gasteiger partial charge in [-0.2, -0.15) is 0 Å². The Morgan fingerprint density at radius 1 is 1.33 bits per heavy atom. The standard InChI is InChI=1S/C13H15NO4/c1-13(2)7-8-14(12(17)18-13)10-5-3-9(4-6-10)11(15)16/h3-6H,7-8H2,1-2H3,(H,15,16). The Morgan fingerprint density at radius 2 is 1.94 bits per heavy atom. The lowest BCUT2D eigenvalue weighted by atomic mass is 10.0. The fraction of sp³-hybridized carbons (Fsp3) is 0.385. The minimum absolute atomic E-state index is 0.199. The van der Waals surface area contributed by atoms with Crippen LogP contribution in [0.4, 0.5) is 10.5 Å². The van der Waals surface area contributed by atoms with Crippen LogP contribution in [0.1, 0.15) is 30.6 Å². The number of amides is 1. The molecule has 1 saturated heterocycles. The average Bonchev–Trinajstić information content (AvgIpc) is 2.28. The molecule has 0 bridgehead atoms. The first-order chi connectivity index (χ1) is 8.39. The predicted molar refractivity (Wildman–Crippen MR) is 65.9 cm³/mol. The molecule has 2 rings (SSSR count). The zero-order valence-corrected chi connectivity index (χ0v) is 10.3. The summed E-state index contributed by atoms with van der Waals surface area (Å²) in [6.07, 6.45) is 0.341. The Hall–Kier alpha value is -2.04. The number of benzene rings is 1. The Balaban J connectivity index is 2.17. The van der Waals surface area contributed by atoms with Crippen molar-refractivity contribution in [2.24, 2.45) is 0 Å². The molecule has 0 radical (unpaired) electrons. The fourth-order valence-corrected chi connectivity index (χ4v) is 1.83. The molecular formula is C13H15NO4. The highest BCUT2D eigenvalue weighted by Crippen LogP contribution is 2.26. The van der Waals surface area contributed by atoms with E-state index in [1.54, 1.807) is 12.1 Å². The molecule has 96 valence electrons. The summed E-state index contributed by atoms with van der Waals surface area (Å²) in [5, 5.41) is 8.80. The fourth-order valence-electron chi connectivity index (χ4n) is 1.83. The summed E-state index contributed by atoms with van der Waals surface area (Å²) in [6, 6.07) is 6.18. The van der Waals surface area contributed by atoms with Gasteiger partial charge in [-0.05, 0) is 38.1 Å². The molecular weight excluding hydrogens is 234 g/mol. The molecule has 0 aromatic heterocycles. The molecule has 0 saturated carbocycles. The van der Waals surface area contributed by atoms with Crippen molar-refractivity contribution in [3.05, 3.63) is 29.8 Å². The van der Waals surface area contributed by atoms with E-state index in [-0.39, 0.29) is 5.56 Å². The summed E-state index contributed by atoms with van der Waals surface area (Å²) in [4.78, 5) is 24.1. The van der Waals surface area contributed by atoms with Gasteiger partial charge < -0.3 is 9.84 Å². The number of carboxylic acids is 1. The molecule has 0 aliphatic carbocycles. The Labute approximate surface area is 105 Å². The van der Waals surface area contributed by atoms with Crippen LogP contribution in [0.5, 0.6) is 0 Å². The number of rotatable bonds is 2. The van der Waals surface area contributed by atoms with E-state index < -0.39 is 17.7 Å². The predicted octanol–water partition coefficient (Wildman–Crippen LogP) is 2.51. The summed E-state index contributed by atoms with van der Waals surface area (Å²) >= 11 is 0. The van der Waals surface area contributed by atoms with Crippen molar-refractivity contribution < 1.29 is 19.4 Å². The van der Waals surface area contributed by atoms with Crippen LogP contribution < -0.4 is 4.90 Å². The lowest BCUT2D eigenvalue weighted by Gasteiger charge is -2.36. The van der Waals surface area contributed by atoms with E-state index in [0.29, 0.717) is 12.2 Å². The van der Waals surface area contributed by atoms with E-state index in [9.17, 15) is 9.59 Å². The first kappa shape index (κ1) is 12.4. The quantitative estimate of drug-likeness (QED) is 0.874. The third-order valence-electron chi connectivity index (χ3n) is 2.95. The molecule has 1 aliphatic heterocycles. The van der Waals surface area contributed by atoms with Crippen LogP contribution in [0.3, 0.4) is 0 Å². The third-order valence-corrected chi connectivity index (χ3v) is 2.95. The molecule has 1 amide bonds. The Morgan fingerprint density at radius 3 is 2.44 bits per heavy atom. The number of hydrogen-bond donors (Lipinski definition) is 1. The van der Waals surface area contributed by atoms with Crippen LogP contribution in [0.15, 0.2) is 24.3 Å². The van der Waals surface area contributed by atoms with Gasteiger partial charge in [0.2, 0.25) is 0 Å². The normalized spacial score (nSPS) is 18.3. The van der Waals surface area contributed by atoms with Gasteiger partial charge in [-0.1, -0.05) is 0 Å². The van der Waals surface area contributed by atoms with Crippen molar-refractivity contribution in [2.75, 3.05) is 11.4 Å². The van der Waals surface area contributed by atoms with Crippen LogP contribution in [0, 0.1) is 0 Å². The van der Waals surface area contributed by atoms with Gasteiger partial charge in [0, 0.05) is 18.7 Å². The van der Waals surface area contributed by atoms with Gasteiger partial charge in [0.15, 0.2) is 0 Å². The van der Waals surface area contributed by atoms with Gasteiger partial charge in [-0.15, -0.1) is 0 Å². The summed E-state index contributed by atoms with van der Waals surface area (Å²) in [5.74, 6) is -0.982. The second kappa shape index (κ2) is 4.33. The molecule has 1 heterocycles. The number of hydrogen-bond acceptors (Lipinski definition) is 3. The van der Waals surface area contributed by atoms with Gasteiger partial charge in [0.1, 0.15) is 5.60 Å². The average molecular weight is 249 g/mol. The van der Waals surface area contributed by atoms with Crippen molar-refractivity contribution in [3.8, 4) is 0 Å². The molecule has 1 aromatic rings. The lowest BCUT2D eigenvalue weighted by Crippen LogP contribution is -2.46. The van der Waals surface area contributed by atoms with Crippen LogP contribution in [-0.4, -0.2) is 29.3 Å². The second-order valence-electron chi connectivity index (χ2n) is 4.88. The number of aromatic carboxylic acids is 1. The second-order valence-corrected chi connectivity index (χ2v) is 4.88. The van der Waals surface area contributed by atoms with Crippen LogP contribution >= 0.6 is 0 Å². The van der Waals surface area contributed by atoms with Crippen molar-refractivity contribution in [3.63, 3.8) is 0 Å². The maximum atomic E-state index is 11.8. The van der Waals surface area contributed by atoms with Crippen molar-refractivity contribution in [1.29, 1.82) is 0 Å². The van der Waals surface area contributed by atoms with E-state index in [4.69, 9.17) is 9.84 Å². The molecule has 0 unspecified atom stereocenters. The highest BCUT2D eigenvalue weighted by Gasteiger charge is 2.33. The molecule has 1 aliphatic rings. The lowest BCUT2D eigenvalue weighted by molar-refractivity contribution is 0.0236. The molecule has 1 fully saturated rings. The number of cyclic esters (lactones) is 1. The molecule has 0 atom stereocenters. The van der Waals surface area contributed by atoms with E-state index in [0.717, 1.165) is 6.42 Å². The SMILES string of the molecule is CC1(C)CCN(c2ccc(C(=O)O)cc2)C(=O)O1. The van der Waals surface area contributed by atoms with E-state index >= 15 is 0 Å². The molecule has 1 aromatic carbocycles. The highest BCUT2D eigenvalue weighted by molar-refractivity contribution is 5.91. The van der Waals surface area contributed by atoms with Crippen LogP contribution in [0.2, 0.25) is 0 Å². The molecule has 5 nitrogen and oxygen atoms in total. The minimum Gasteiger partial charge on any atom is -0.478 e. The topological polar surface area (TPSA) is 66.8 Å². The number of carbonyl (C=O) groups is 2. The monoisotopic (exact) mass is 249 g/mol. The summed E-state index contributed by atoms with van der Waals surface area (Å²) in [6.45, 7) is 4.31. The van der Waals surface area contributed by atoms with Gasteiger partial charge >= 0.3 is 12.1 Å². The third kappa shape index (κ3) is 2.45. The van der Waals surface area contributed by atoms with Crippen molar-refractivity contribution in [1.82, 2.24) is 0 Å². The summed E-state index contributed by atoms with van der Waals surface area (Å²) in [7, 11) is 0. The molecule has 0 spiro atoms. The number of nitrogens with zero attached hydrogens (tertiary/aromatic N) is 1. The number of anilines is 1. The largest absolute Gasteiger partial charge is 0.478 e. The van der Waals surface area contributed by atoms with E-state index in [1.807, 2.05) is 13.8 Å². The Bertz CT molecular complexity index is 478. The van der Waals surface area contributed by atoms with Crippen LogP contribution in [-0.2, 0) is 4.74 Å². The van der Waals surface area contributed by atoms with Crippen LogP contribution in [0.25, 0.3) is 0 Å². The Kier molecular flexibility index (Phi) is 2.98. The van der Waals surface area contributed by atoms with E-state index in [1.165, 1.54) is 17.0 Å². The maximum Gasteiger partial charge on any atom is 0.414 e. The highest BCUT2D eigenvalue weighted by atomic mass is 16.6. The zero-order chi connectivity index (χ0) is 13.3. The smallest absolute Gasteiger partial charge is 0.414 e. The maximum absolute atomic E-state index is 11.8. The zero-order valence-electron chi connectivity index (χ0n) is 10.3. The molecule has 18 heavy (non-hydrogen) atoms. The summed E-state index contributed by atoms with van der Waals surface area (Å²) in [5.41, 5.74) is 0.416. The first-order valence-corrected chi connectivity index (χ1v) is 5.73. The van der Waals surface area contributed by atoms with Gasteiger partial charge in [0.05, 0.1) is 5.56 Å². The van der Waals surface area contributed by atoms with Gasteiger partial charge in [-0.25, -0.2) is 9.59 Å².